The van der Waals surface area contributed by atoms with Crippen LogP contribution in [0, 0.1) is 13.8 Å². The van der Waals surface area contributed by atoms with Gasteiger partial charge in [0, 0.05) is 15.7 Å². The lowest BCUT2D eigenvalue weighted by atomic mass is 10.1. The van der Waals surface area contributed by atoms with Crippen LogP contribution in [0.15, 0.2) is 40.9 Å². The number of halogens is 1. The van der Waals surface area contributed by atoms with Crippen LogP contribution < -0.4 is 5.32 Å². The van der Waals surface area contributed by atoms with Crippen molar-refractivity contribution in [2.24, 2.45) is 0 Å². The largest absolute Gasteiger partial charge is 0.478 e. The maximum Gasteiger partial charge on any atom is 0.336 e. The molecule has 2 aromatic rings. The van der Waals surface area contributed by atoms with Gasteiger partial charge in [0.2, 0.25) is 0 Å². The first kappa shape index (κ1) is 15.3. The van der Waals surface area contributed by atoms with Crippen molar-refractivity contribution < 1.29 is 14.7 Å². The standard InChI is InChI=1S/C16H14BrNO3/c1-9-3-5-11(17)7-13(9)15(19)18-12-6-4-10(2)14(8-12)16(20)21/h3-8H,1-2H3,(H,18,19)(H,20,21). The van der Waals surface area contributed by atoms with E-state index in [1.807, 2.05) is 19.1 Å². The molecular weight excluding hydrogens is 334 g/mol. The normalized spacial score (nSPS) is 10.2. The van der Waals surface area contributed by atoms with E-state index in [4.69, 9.17) is 5.11 Å². The van der Waals surface area contributed by atoms with Crippen LogP contribution in [0.5, 0.6) is 0 Å². The molecule has 0 aliphatic heterocycles. The predicted octanol–water partition coefficient (Wildman–Crippen LogP) is 4.02. The number of nitrogens with one attached hydrogen (secondary N) is 1. The Morgan fingerprint density at radius 3 is 2.29 bits per heavy atom. The maximum absolute atomic E-state index is 12.3. The van der Waals surface area contributed by atoms with Crippen LogP contribution in [-0.2, 0) is 0 Å². The van der Waals surface area contributed by atoms with Gasteiger partial charge in [-0.3, -0.25) is 4.79 Å². The molecule has 5 heteroatoms. The van der Waals surface area contributed by atoms with Gasteiger partial charge >= 0.3 is 5.97 Å². The maximum atomic E-state index is 12.3. The van der Waals surface area contributed by atoms with Crippen molar-refractivity contribution in [1.82, 2.24) is 0 Å². The molecule has 0 aliphatic rings. The number of aromatic carboxylic acids is 1. The molecule has 2 N–H and O–H groups in total. The number of benzene rings is 2. The highest BCUT2D eigenvalue weighted by Crippen LogP contribution is 2.19. The minimum atomic E-state index is -1.01. The fraction of sp³-hybridized carbons (Fsp3) is 0.125. The van der Waals surface area contributed by atoms with E-state index in [1.165, 1.54) is 6.07 Å². The zero-order valence-corrected chi connectivity index (χ0v) is 13.2. The number of carbonyl (C=O) groups excluding carboxylic acids is 1. The molecule has 0 saturated carbocycles. The van der Waals surface area contributed by atoms with E-state index in [1.54, 1.807) is 25.1 Å². The molecule has 2 aromatic carbocycles. The number of aryl methyl sites for hydroxylation is 2. The second kappa shape index (κ2) is 6.10. The molecule has 0 atom stereocenters. The molecule has 0 spiro atoms. The van der Waals surface area contributed by atoms with E-state index in [9.17, 15) is 9.59 Å². The lowest BCUT2D eigenvalue weighted by molar-refractivity contribution is 0.0695. The summed E-state index contributed by atoms with van der Waals surface area (Å²) in [5, 5.41) is 11.8. The Hall–Kier alpha value is -2.14. The number of anilines is 1. The number of carbonyl (C=O) groups is 2. The highest BCUT2D eigenvalue weighted by molar-refractivity contribution is 9.10. The van der Waals surface area contributed by atoms with Gasteiger partial charge in [-0.1, -0.05) is 28.1 Å². The lowest BCUT2D eigenvalue weighted by Gasteiger charge is -2.10. The summed E-state index contributed by atoms with van der Waals surface area (Å²) >= 11 is 3.33. The van der Waals surface area contributed by atoms with Gasteiger partial charge in [-0.05, 0) is 49.2 Å². The second-order valence-electron chi connectivity index (χ2n) is 4.75. The molecule has 0 aromatic heterocycles. The molecule has 21 heavy (non-hydrogen) atoms. The summed E-state index contributed by atoms with van der Waals surface area (Å²) in [5.41, 5.74) is 2.68. The molecule has 1 amide bonds. The molecule has 2 rings (SSSR count). The summed E-state index contributed by atoms with van der Waals surface area (Å²) in [6.07, 6.45) is 0. The first-order valence-electron chi connectivity index (χ1n) is 6.30. The zero-order valence-electron chi connectivity index (χ0n) is 11.6. The number of carboxylic acid groups (broad SMARTS) is 1. The van der Waals surface area contributed by atoms with Gasteiger partial charge in [0.25, 0.3) is 5.91 Å². The SMILES string of the molecule is Cc1ccc(NC(=O)c2cc(Br)ccc2C)cc1C(=O)O. The molecule has 0 fully saturated rings. The van der Waals surface area contributed by atoms with Gasteiger partial charge in [0.05, 0.1) is 5.56 Å². The average Bonchev–Trinajstić information content (AvgIpc) is 2.43. The first-order valence-corrected chi connectivity index (χ1v) is 7.09. The Balaban J connectivity index is 2.29. The predicted molar refractivity (Wildman–Crippen MR) is 85.0 cm³/mol. The summed E-state index contributed by atoms with van der Waals surface area (Å²) in [4.78, 5) is 23.4. The van der Waals surface area contributed by atoms with Gasteiger partial charge in [-0.15, -0.1) is 0 Å². The Kier molecular flexibility index (Phi) is 4.43. The van der Waals surface area contributed by atoms with Crippen LogP contribution >= 0.6 is 15.9 Å². The number of rotatable bonds is 3. The summed E-state index contributed by atoms with van der Waals surface area (Å²) < 4.78 is 0.813. The lowest BCUT2D eigenvalue weighted by Crippen LogP contribution is -2.14. The highest BCUT2D eigenvalue weighted by Gasteiger charge is 2.12. The van der Waals surface area contributed by atoms with Gasteiger partial charge in [-0.2, -0.15) is 0 Å². The van der Waals surface area contributed by atoms with Crippen molar-refractivity contribution in [3.63, 3.8) is 0 Å². The van der Waals surface area contributed by atoms with Crippen LogP contribution in [-0.4, -0.2) is 17.0 Å². The monoisotopic (exact) mass is 347 g/mol. The Morgan fingerprint density at radius 2 is 1.62 bits per heavy atom. The zero-order chi connectivity index (χ0) is 15.6. The van der Waals surface area contributed by atoms with Gasteiger partial charge in [0.1, 0.15) is 0 Å². The third-order valence-electron chi connectivity index (χ3n) is 3.17. The fourth-order valence-corrected chi connectivity index (χ4v) is 2.33. The molecule has 108 valence electrons. The van der Waals surface area contributed by atoms with Crippen molar-refractivity contribution in [3.8, 4) is 0 Å². The molecule has 4 nitrogen and oxygen atoms in total. The number of amides is 1. The van der Waals surface area contributed by atoms with Crippen molar-refractivity contribution in [3.05, 3.63) is 63.1 Å². The number of hydrogen-bond acceptors (Lipinski definition) is 2. The summed E-state index contributed by atoms with van der Waals surface area (Å²) in [6.45, 7) is 3.56. The van der Waals surface area contributed by atoms with Crippen LogP contribution in [0.1, 0.15) is 31.8 Å². The van der Waals surface area contributed by atoms with Crippen molar-refractivity contribution >= 4 is 33.5 Å². The third-order valence-corrected chi connectivity index (χ3v) is 3.66. The smallest absolute Gasteiger partial charge is 0.336 e. The minimum absolute atomic E-state index is 0.179. The Labute approximate surface area is 130 Å². The highest BCUT2D eigenvalue weighted by atomic mass is 79.9. The van der Waals surface area contributed by atoms with E-state index < -0.39 is 5.97 Å². The van der Waals surface area contributed by atoms with E-state index in [0.717, 1.165) is 10.0 Å². The Morgan fingerprint density at radius 1 is 1.00 bits per heavy atom. The van der Waals surface area contributed by atoms with Gasteiger partial charge in [0.15, 0.2) is 0 Å². The summed E-state index contributed by atoms with van der Waals surface area (Å²) in [5.74, 6) is -1.28. The topological polar surface area (TPSA) is 66.4 Å². The summed E-state index contributed by atoms with van der Waals surface area (Å²) in [6, 6.07) is 10.3. The molecule has 0 unspecified atom stereocenters. The second-order valence-corrected chi connectivity index (χ2v) is 5.66. The van der Waals surface area contributed by atoms with Crippen LogP contribution in [0.3, 0.4) is 0 Å². The fourth-order valence-electron chi connectivity index (χ4n) is 1.97. The Bertz CT molecular complexity index is 725. The van der Waals surface area contributed by atoms with E-state index in [0.29, 0.717) is 16.8 Å². The third kappa shape index (κ3) is 3.49. The van der Waals surface area contributed by atoms with Crippen molar-refractivity contribution in [2.45, 2.75) is 13.8 Å². The van der Waals surface area contributed by atoms with Crippen molar-refractivity contribution in [1.29, 1.82) is 0 Å². The average molecular weight is 348 g/mol. The van der Waals surface area contributed by atoms with E-state index in [2.05, 4.69) is 21.2 Å². The quantitative estimate of drug-likeness (QED) is 0.881. The van der Waals surface area contributed by atoms with Gasteiger partial charge in [-0.25, -0.2) is 4.79 Å². The molecule has 0 bridgehead atoms. The molecule has 0 radical (unpaired) electrons. The molecular formula is C16H14BrNO3. The van der Waals surface area contributed by atoms with Crippen LogP contribution in [0.25, 0.3) is 0 Å². The molecule has 0 heterocycles. The van der Waals surface area contributed by atoms with E-state index in [-0.39, 0.29) is 11.5 Å². The van der Waals surface area contributed by atoms with E-state index >= 15 is 0 Å². The van der Waals surface area contributed by atoms with Crippen molar-refractivity contribution in [2.75, 3.05) is 5.32 Å². The number of hydrogen-bond donors (Lipinski definition) is 2. The first-order chi connectivity index (χ1) is 9.88. The van der Waals surface area contributed by atoms with Crippen LogP contribution in [0.4, 0.5) is 5.69 Å². The van der Waals surface area contributed by atoms with Crippen LogP contribution in [0.2, 0.25) is 0 Å². The van der Waals surface area contributed by atoms with Gasteiger partial charge < -0.3 is 10.4 Å². The minimum Gasteiger partial charge on any atom is -0.478 e. The number of carboxylic acids is 1. The summed E-state index contributed by atoms with van der Waals surface area (Å²) in [7, 11) is 0. The molecule has 0 aliphatic carbocycles. The molecule has 0 saturated heterocycles.